The summed E-state index contributed by atoms with van der Waals surface area (Å²) >= 11 is 0. The molecule has 0 amide bonds. The van der Waals surface area contributed by atoms with E-state index < -0.39 is 0 Å². The summed E-state index contributed by atoms with van der Waals surface area (Å²) in [6.45, 7) is 16.9. The van der Waals surface area contributed by atoms with Crippen LogP contribution in [0.1, 0.15) is 54.4 Å². The third-order valence-corrected chi connectivity index (χ3v) is 3.97. The van der Waals surface area contributed by atoms with Crippen molar-refractivity contribution in [2.45, 2.75) is 66.0 Å². The zero-order valence-corrected chi connectivity index (χ0v) is 14.4. The highest BCUT2D eigenvalue weighted by atomic mass is 16.3. The van der Waals surface area contributed by atoms with Crippen LogP contribution < -0.4 is 5.32 Å². The fourth-order valence-corrected chi connectivity index (χ4v) is 3.36. The van der Waals surface area contributed by atoms with Crippen molar-refractivity contribution in [3.05, 3.63) is 0 Å². The molecular formula is C17H36N2O. The number of hydrogen-bond acceptors (Lipinski definition) is 3. The van der Waals surface area contributed by atoms with Crippen LogP contribution in [0.4, 0.5) is 0 Å². The summed E-state index contributed by atoms with van der Waals surface area (Å²) in [5, 5.41) is 13.8. The van der Waals surface area contributed by atoms with E-state index in [9.17, 15) is 5.11 Å². The third kappa shape index (κ3) is 5.71. The van der Waals surface area contributed by atoms with Crippen molar-refractivity contribution >= 4 is 0 Å². The summed E-state index contributed by atoms with van der Waals surface area (Å²) in [6.07, 6.45) is 2.52. The van der Waals surface area contributed by atoms with E-state index >= 15 is 0 Å². The van der Waals surface area contributed by atoms with E-state index in [1.165, 1.54) is 12.8 Å². The van der Waals surface area contributed by atoms with Gasteiger partial charge in [-0.3, -0.25) is 0 Å². The van der Waals surface area contributed by atoms with Gasteiger partial charge in [0, 0.05) is 25.7 Å². The molecular weight excluding hydrogens is 248 g/mol. The number of nitrogens with zero attached hydrogens (tertiary/aromatic N) is 1. The van der Waals surface area contributed by atoms with Crippen molar-refractivity contribution in [3.8, 4) is 0 Å². The molecule has 1 fully saturated rings. The van der Waals surface area contributed by atoms with E-state index in [0.29, 0.717) is 23.8 Å². The van der Waals surface area contributed by atoms with Crippen molar-refractivity contribution in [1.29, 1.82) is 0 Å². The van der Waals surface area contributed by atoms with Crippen molar-refractivity contribution < 1.29 is 5.11 Å². The van der Waals surface area contributed by atoms with Gasteiger partial charge in [0.1, 0.15) is 0 Å². The molecule has 20 heavy (non-hydrogen) atoms. The van der Waals surface area contributed by atoms with Crippen LogP contribution in [-0.4, -0.2) is 47.8 Å². The number of hydrogen-bond donors (Lipinski definition) is 2. The summed E-state index contributed by atoms with van der Waals surface area (Å²) in [6, 6.07) is 0.419. The molecule has 1 rings (SSSR count). The number of aliphatic hydroxyl groups excluding tert-OH is 1. The highest BCUT2D eigenvalue weighted by molar-refractivity contribution is 5.03. The van der Waals surface area contributed by atoms with Crippen LogP contribution in [0, 0.1) is 17.8 Å². The lowest BCUT2D eigenvalue weighted by Crippen LogP contribution is -2.60. The van der Waals surface area contributed by atoms with Crippen molar-refractivity contribution in [2.75, 3.05) is 26.2 Å². The maximum Gasteiger partial charge on any atom is 0.0628 e. The number of rotatable bonds is 10. The van der Waals surface area contributed by atoms with E-state index in [2.05, 4.69) is 51.8 Å². The fraction of sp³-hybridized carbons (Fsp3) is 1.00. The first kappa shape index (κ1) is 17.9. The Morgan fingerprint density at radius 3 is 1.85 bits per heavy atom. The van der Waals surface area contributed by atoms with E-state index in [-0.39, 0.29) is 12.1 Å². The Bertz CT molecular complexity index is 264. The Hall–Kier alpha value is -0.120. The summed E-state index contributed by atoms with van der Waals surface area (Å²) in [7, 11) is 0. The lowest BCUT2D eigenvalue weighted by molar-refractivity contribution is 0.0733. The molecule has 3 heteroatoms. The Morgan fingerprint density at radius 1 is 1.05 bits per heavy atom. The van der Waals surface area contributed by atoms with Crippen molar-refractivity contribution in [3.63, 3.8) is 0 Å². The summed E-state index contributed by atoms with van der Waals surface area (Å²) in [4.78, 5) is 2.55. The van der Waals surface area contributed by atoms with Crippen LogP contribution in [0.5, 0.6) is 0 Å². The standard InChI is InChI=1S/C17H36N2O/c1-13(2)9-19(10-14(3)4)11-17(12-20,16-7-8-16)18-15(5)6/h13-16,18,20H,7-12H2,1-6H3. The molecule has 0 aromatic rings. The van der Waals surface area contributed by atoms with Gasteiger partial charge in [0.15, 0.2) is 0 Å². The third-order valence-electron chi connectivity index (χ3n) is 3.97. The minimum Gasteiger partial charge on any atom is -0.394 e. The first-order chi connectivity index (χ1) is 9.29. The first-order valence-corrected chi connectivity index (χ1v) is 8.40. The van der Waals surface area contributed by atoms with Crippen LogP contribution in [0.15, 0.2) is 0 Å². The van der Waals surface area contributed by atoms with Crippen molar-refractivity contribution in [1.82, 2.24) is 10.2 Å². The van der Waals surface area contributed by atoms with Crippen LogP contribution >= 0.6 is 0 Å². The monoisotopic (exact) mass is 284 g/mol. The highest BCUT2D eigenvalue weighted by Crippen LogP contribution is 2.40. The molecule has 1 aliphatic carbocycles. The van der Waals surface area contributed by atoms with E-state index in [1.54, 1.807) is 0 Å². The zero-order chi connectivity index (χ0) is 15.3. The van der Waals surface area contributed by atoms with Gasteiger partial charge in [-0.2, -0.15) is 0 Å². The molecule has 2 N–H and O–H groups in total. The summed E-state index contributed by atoms with van der Waals surface area (Å²) in [5.74, 6) is 1.99. The molecule has 0 aromatic heterocycles. The zero-order valence-electron chi connectivity index (χ0n) is 14.4. The van der Waals surface area contributed by atoms with E-state index in [0.717, 1.165) is 19.6 Å². The van der Waals surface area contributed by atoms with Crippen molar-refractivity contribution in [2.24, 2.45) is 17.8 Å². The molecule has 1 unspecified atom stereocenters. The Balaban J connectivity index is 2.77. The molecule has 0 aromatic carbocycles. The minimum absolute atomic E-state index is 0.0993. The topological polar surface area (TPSA) is 35.5 Å². The van der Waals surface area contributed by atoms with Crippen LogP contribution in [0.25, 0.3) is 0 Å². The predicted octanol–water partition coefficient (Wildman–Crippen LogP) is 2.74. The predicted molar refractivity (Wildman–Crippen MR) is 86.9 cm³/mol. The lowest BCUT2D eigenvalue weighted by Gasteiger charge is -2.41. The second-order valence-corrected chi connectivity index (χ2v) is 7.87. The van der Waals surface area contributed by atoms with Gasteiger partial charge < -0.3 is 15.3 Å². The highest BCUT2D eigenvalue weighted by Gasteiger charge is 2.46. The van der Waals surface area contributed by atoms with E-state index in [4.69, 9.17) is 0 Å². The molecule has 0 bridgehead atoms. The largest absolute Gasteiger partial charge is 0.394 e. The van der Waals surface area contributed by atoms with Gasteiger partial charge in [0.2, 0.25) is 0 Å². The second-order valence-electron chi connectivity index (χ2n) is 7.87. The molecule has 1 atom stereocenters. The maximum absolute atomic E-state index is 10.1. The van der Waals surface area contributed by atoms with Gasteiger partial charge in [-0.05, 0) is 30.6 Å². The average Bonchev–Trinajstić information content (AvgIpc) is 3.09. The lowest BCUT2D eigenvalue weighted by atomic mass is 9.91. The smallest absolute Gasteiger partial charge is 0.0628 e. The summed E-state index contributed by atoms with van der Waals surface area (Å²) in [5.41, 5.74) is -0.0993. The molecule has 120 valence electrons. The SMILES string of the molecule is CC(C)CN(CC(C)C)CC(CO)(NC(C)C)C1CC1. The Labute approximate surface area is 126 Å². The van der Waals surface area contributed by atoms with Crippen LogP contribution in [0.2, 0.25) is 0 Å². The van der Waals surface area contributed by atoms with Gasteiger partial charge >= 0.3 is 0 Å². The number of aliphatic hydroxyl groups is 1. The first-order valence-electron chi connectivity index (χ1n) is 8.40. The van der Waals surface area contributed by atoms with Gasteiger partial charge in [-0.1, -0.05) is 41.5 Å². The quantitative estimate of drug-likeness (QED) is 0.647. The Kier molecular flexibility index (Phi) is 6.96. The Morgan fingerprint density at radius 2 is 1.55 bits per heavy atom. The normalized spacial score (nSPS) is 19.4. The maximum atomic E-state index is 10.1. The molecule has 0 heterocycles. The molecule has 0 radical (unpaired) electrons. The van der Waals surface area contributed by atoms with Gasteiger partial charge in [-0.25, -0.2) is 0 Å². The van der Waals surface area contributed by atoms with E-state index in [1.807, 2.05) is 0 Å². The second kappa shape index (κ2) is 7.77. The minimum atomic E-state index is -0.0993. The molecule has 0 spiro atoms. The fourth-order valence-electron chi connectivity index (χ4n) is 3.36. The van der Waals surface area contributed by atoms with Gasteiger partial charge in [0.05, 0.1) is 12.1 Å². The molecule has 1 aliphatic rings. The number of nitrogens with one attached hydrogen (secondary N) is 1. The molecule has 3 nitrogen and oxygen atoms in total. The summed E-state index contributed by atoms with van der Waals surface area (Å²) < 4.78 is 0. The molecule has 0 aliphatic heterocycles. The molecule has 1 saturated carbocycles. The van der Waals surface area contributed by atoms with Gasteiger partial charge in [-0.15, -0.1) is 0 Å². The van der Waals surface area contributed by atoms with Crippen LogP contribution in [-0.2, 0) is 0 Å². The molecule has 0 saturated heterocycles. The van der Waals surface area contributed by atoms with Crippen LogP contribution in [0.3, 0.4) is 0 Å². The average molecular weight is 284 g/mol. The van der Waals surface area contributed by atoms with Gasteiger partial charge in [0.25, 0.3) is 0 Å².